The molecular formula is C82H72Cl5N25O6. The Bertz CT molecular complexity index is 7070. The molecule has 12 aromatic heterocycles. The third-order valence-corrected chi connectivity index (χ3v) is 23.1. The summed E-state index contributed by atoms with van der Waals surface area (Å²) in [7, 11) is 1.58. The fourth-order valence-corrected chi connectivity index (χ4v) is 16.6. The minimum absolute atomic E-state index is 0.0524. The van der Waals surface area contributed by atoms with Crippen molar-refractivity contribution in [3.63, 3.8) is 0 Å². The molecule has 0 saturated heterocycles. The van der Waals surface area contributed by atoms with Crippen LogP contribution in [0.15, 0.2) is 154 Å². The van der Waals surface area contributed by atoms with Gasteiger partial charge in [-0.3, -0.25) is 39.0 Å². The third-order valence-electron chi connectivity index (χ3n) is 21.5. The van der Waals surface area contributed by atoms with E-state index in [1.807, 2.05) is 119 Å². The number of halogens is 5. The SMILES string of the molecule is CNC(=O)c1c[nH]c2ncnc(N[C@@H](C)c3cc4cccc(Cl)c4c(=O)n3C3CC3)c12.C[C@H](Nc1ncnc2[nH]cc(C(N)=O)c12)c1cc2cccc(Cl)c2c(=O)n1C1CC1.C[C@H](Nc1ncnc2n[nH]c(C#N)c12)c1cc2cccc(Cl)c2c(=O)n1C1CC1.C[C@H](Nc1ncnc2n[nH]c(Cl)c12)c1cc2cccc(Cl)c2c(=O)n1C1CC1. The van der Waals surface area contributed by atoms with Gasteiger partial charge in [-0.1, -0.05) is 107 Å². The number of carbonyl (C=O) groups is 2. The van der Waals surface area contributed by atoms with Crippen molar-refractivity contribution in [1.29, 1.82) is 5.26 Å². The van der Waals surface area contributed by atoms with Crippen LogP contribution in [0.2, 0.25) is 25.2 Å². The lowest BCUT2D eigenvalue weighted by molar-refractivity contribution is 0.0963. The maximum Gasteiger partial charge on any atom is 0.260 e. The van der Waals surface area contributed by atoms with E-state index in [1.165, 1.54) is 31.5 Å². The van der Waals surface area contributed by atoms with Crippen molar-refractivity contribution in [3.05, 3.63) is 241 Å². The zero-order valence-electron chi connectivity index (χ0n) is 63.6. The van der Waals surface area contributed by atoms with Crippen LogP contribution in [-0.2, 0) is 0 Å². The smallest absolute Gasteiger partial charge is 0.260 e. The molecule has 4 saturated carbocycles. The number of nitrogens with two attached hydrogens (primary N) is 1. The van der Waals surface area contributed by atoms with Gasteiger partial charge in [0.05, 0.1) is 93.1 Å². The Morgan fingerprint density at radius 1 is 0.441 bits per heavy atom. The van der Waals surface area contributed by atoms with Crippen LogP contribution in [0.1, 0.15) is 177 Å². The zero-order valence-corrected chi connectivity index (χ0v) is 67.4. The number of anilines is 4. The van der Waals surface area contributed by atoms with E-state index in [-0.39, 0.29) is 76.5 Å². The van der Waals surface area contributed by atoms with E-state index in [1.54, 1.807) is 37.5 Å². The molecule has 0 bridgehead atoms. The van der Waals surface area contributed by atoms with Crippen molar-refractivity contribution in [3.8, 4) is 6.07 Å². The summed E-state index contributed by atoms with van der Waals surface area (Å²) in [5.74, 6) is 1.27. The van der Waals surface area contributed by atoms with E-state index in [4.69, 9.17) is 63.7 Å². The molecule has 36 heteroatoms. The van der Waals surface area contributed by atoms with Crippen molar-refractivity contribution in [2.75, 3.05) is 28.3 Å². The number of benzene rings is 4. The number of nitriles is 1. The topological polar surface area (TPSA) is 424 Å². The van der Waals surface area contributed by atoms with Crippen LogP contribution in [-0.4, -0.2) is 107 Å². The van der Waals surface area contributed by atoms with Crippen molar-refractivity contribution in [2.45, 2.75) is 127 Å². The largest absolute Gasteiger partial charge is 0.366 e. The summed E-state index contributed by atoms with van der Waals surface area (Å²) in [5.41, 5.74) is 11.7. The quantitative estimate of drug-likeness (QED) is 0.0381. The van der Waals surface area contributed by atoms with E-state index < -0.39 is 5.91 Å². The number of nitrogens with one attached hydrogen (secondary N) is 9. The maximum atomic E-state index is 13.3. The molecule has 20 rings (SSSR count). The predicted molar refractivity (Wildman–Crippen MR) is 457 cm³/mol. The summed E-state index contributed by atoms with van der Waals surface area (Å²) in [5, 5.41) is 48.8. The Labute approximate surface area is 693 Å². The monoisotopic (exact) mass is 1680 g/mol. The molecule has 2 amide bonds. The van der Waals surface area contributed by atoms with Crippen molar-refractivity contribution < 1.29 is 9.59 Å². The molecule has 4 aliphatic rings. The highest BCUT2D eigenvalue weighted by Gasteiger charge is 2.35. The lowest BCUT2D eigenvalue weighted by Crippen LogP contribution is -2.26. The number of primary amides is 1. The number of aromatic nitrogens is 18. The van der Waals surface area contributed by atoms with Gasteiger partial charge in [-0.2, -0.15) is 15.5 Å². The molecule has 118 heavy (non-hydrogen) atoms. The van der Waals surface area contributed by atoms with Crippen molar-refractivity contribution >= 4 is 180 Å². The second kappa shape index (κ2) is 31.6. The van der Waals surface area contributed by atoms with Crippen LogP contribution in [0.25, 0.3) is 87.2 Å². The number of aromatic amines is 4. The first kappa shape index (κ1) is 77.7. The number of hydrogen-bond donors (Lipinski definition) is 10. The van der Waals surface area contributed by atoms with Gasteiger partial charge >= 0.3 is 0 Å². The minimum atomic E-state index is -0.568. The molecule has 0 radical (unpaired) electrons. The summed E-state index contributed by atoms with van der Waals surface area (Å²) in [6, 6.07) is 31.8. The van der Waals surface area contributed by atoms with Gasteiger partial charge < -0.3 is 60.6 Å². The number of rotatable bonds is 18. The molecule has 0 unspecified atom stereocenters. The highest BCUT2D eigenvalue weighted by molar-refractivity contribution is 6.37. The molecule has 4 aromatic carbocycles. The van der Waals surface area contributed by atoms with Crippen LogP contribution in [0.4, 0.5) is 23.3 Å². The van der Waals surface area contributed by atoms with Crippen LogP contribution < -0.4 is 54.6 Å². The molecule has 4 aliphatic carbocycles. The third kappa shape index (κ3) is 14.6. The van der Waals surface area contributed by atoms with Gasteiger partial charge in [0.15, 0.2) is 11.3 Å². The van der Waals surface area contributed by atoms with Gasteiger partial charge in [-0.05, 0) is 149 Å². The van der Waals surface area contributed by atoms with E-state index in [9.17, 15) is 34.0 Å². The van der Waals surface area contributed by atoms with Gasteiger partial charge in [-0.25, -0.2) is 39.9 Å². The Balaban J connectivity index is 0.000000113. The molecule has 596 valence electrons. The average Bonchev–Trinajstić information content (AvgIpc) is 1.70. The first-order valence-corrected chi connectivity index (χ1v) is 40.0. The molecule has 11 N–H and O–H groups in total. The summed E-state index contributed by atoms with van der Waals surface area (Å²) >= 11 is 31.5. The second-order valence-electron chi connectivity index (χ2n) is 29.5. The number of hydrogen-bond acceptors (Lipinski definition) is 21. The molecule has 0 spiro atoms. The number of fused-ring (bicyclic) bond motifs is 8. The first-order valence-electron chi connectivity index (χ1n) is 38.1. The van der Waals surface area contributed by atoms with E-state index in [0.29, 0.717) is 131 Å². The zero-order chi connectivity index (χ0) is 82.2. The highest BCUT2D eigenvalue weighted by Crippen LogP contribution is 2.43. The lowest BCUT2D eigenvalue weighted by Gasteiger charge is -2.21. The van der Waals surface area contributed by atoms with E-state index in [2.05, 4.69) is 103 Å². The predicted octanol–water partition coefficient (Wildman–Crippen LogP) is 15.5. The molecule has 4 fully saturated rings. The van der Waals surface area contributed by atoms with Crippen molar-refractivity contribution in [1.82, 2.24) is 93.8 Å². The Kier molecular flexibility index (Phi) is 20.8. The highest BCUT2D eigenvalue weighted by atomic mass is 35.5. The van der Waals surface area contributed by atoms with Gasteiger partial charge in [-0.15, -0.1) is 0 Å². The van der Waals surface area contributed by atoms with E-state index >= 15 is 0 Å². The molecule has 12 heterocycles. The Hall–Kier alpha value is -12.9. The Morgan fingerprint density at radius 2 is 0.754 bits per heavy atom. The lowest BCUT2D eigenvalue weighted by atomic mass is 10.1. The molecule has 4 atom stereocenters. The molecule has 16 aromatic rings. The number of H-pyrrole nitrogens is 4. The summed E-state index contributed by atoms with van der Waals surface area (Å²) in [6.45, 7) is 7.88. The minimum Gasteiger partial charge on any atom is -0.366 e. The van der Waals surface area contributed by atoms with E-state index in [0.717, 1.165) is 95.7 Å². The van der Waals surface area contributed by atoms with Crippen LogP contribution in [0.3, 0.4) is 0 Å². The normalized spacial score (nSPS) is 14.9. The molecule has 31 nitrogen and oxygen atoms in total. The summed E-state index contributed by atoms with van der Waals surface area (Å²) < 4.78 is 7.38. The second-order valence-corrected chi connectivity index (χ2v) is 31.5. The van der Waals surface area contributed by atoms with Gasteiger partial charge in [0, 0.05) is 66.4 Å². The fourth-order valence-electron chi connectivity index (χ4n) is 15.3. The molecule has 0 aliphatic heterocycles. The number of amides is 2. The van der Waals surface area contributed by atoms with Crippen LogP contribution in [0.5, 0.6) is 0 Å². The van der Waals surface area contributed by atoms with Crippen LogP contribution in [0, 0.1) is 11.3 Å². The maximum absolute atomic E-state index is 13.3. The number of pyridine rings is 4. The summed E-state index contributed by atoms with van der Waals surface area (Å²) in [6.07, 6.45) is 16.6. The van der Waals surface area contributed by atoms with Gasteiger partial charge in [0.1, 0.15) is 82.2 Å². The van der Waals surface area contributed by atoms with Crippen LogP contribution >= 0.6 is 58.0 Å². The number of nitrogens with zero attached hydrogens (tertiary/aromatic N) is 15. The fraction of sp³-hybridized carbons (Fsp3) is 0.256. The van der Waals surface area contributed by atoms with Gasteiger partial charge in [0.2, 0.25) is 0 Å². The summed E-state index contributed by atoms with van der Waals surface area (Å²) in [4.78, 5) is 117. The molecular weight excluding hydrogens is 1610 g/mol. The number of carbonyl (C=O) groups excluding carboxylic acids is 2. The van der Waals surface area contributed by atoms with Crippen molar-refractivity contribution in [2.24, 2.45) is 5.73 Å². The Morgan fingerprint density at radius 3 is 1.09 bits per heavy atom. The first-order chi connectivity index (χ1) is 57.1. The average molecular weight is 1680 g/mol. The van der Waals surface area contributed by atoms with Gasteiger partial charge in [0.25, 0.3) is 34.1 Å². The standard InChI is InChI=1S/C22H21ClN6O2.C21H19ClN6O2.C20H16ClN7O.C19H16Cl2N6O/c1-11(28-20-18-14(21(30)24-2)9-25-19(18)26-10-27-20)16-8-12-4-3-5-15(23)17(12)22(31)29(16)13-6-7-13;1-10(27-20-17-13(18(23)29)8-24-19(17)25-9-26-20)15-7-11-3-2-4-14(22)16(11)21(30)28(15)12-5-6-12;1-10(25-18-17-14(8-22)26-27-19(17)24-9-23-18)15-7-11-3-2-4-13(21)16(11)20(29)28(15)12-5-6-12;1-9(24-17-15-16(21)25-26-18(15)23-8-22-17)13-7-10-3-2-4-12(20)14(10)19(28)27(13)11-5-6-11/h3-5,8-11,13H,6-7H2,1-2H3,(H,24,30)(H2,25,26,27,28);2-4,7-10,12H,5-6H2,1H3,(H2,23,29)(H2,24,25,26,27);2-4,7,9-10,12H,5-6H2,1H3,(H2,23,24,25,26,27);2-4,7-9,11H,5-6H2,1H3,(H2,22,23,24,25,26)/t11-;2*10-;9-/m0000/s1.